The Hall–Kier alpha value is -1.51. The zero-order valence-corrected chi connectivity index (χ0v) is 14.6. The van der Waals surface area contributed by atoms with Gasteiger partial charge in [-0.2, -0.15) is 0 Å². The Labute approximate surface area is 173 Å². The highest BCUT2D eigenvalue weighted by atomic mass is 19.5. The van der Waals surface area contributed by atoms with Gasteiger partial charge in [-0.15, -0.1) is 0 Å². The summed E-state index contributed by atoms with van der Waals surface area (Å²) in [5, 5.41) is 0. The molecule has 0 fully saturated rings. The first-order valence-corrected chi connectivity index (χ1v) is 6.11. The topological polar surface area (TPSA) is 0 Å². The van der Waals surface area contributed by atoms with Gasteiger partial charge in [-0.1, -0.05) is 0 Å². The molecule has 0 nitrogen and oxygen atoms in total. The van der Waals surface area contributed by atoms with E-state index in [4.69, 9.17) is 0 Å². The van der Waals surface area contributed by atoms with Crippen molar-refractivity contribution in [1.82, 2.24) is 0 Å². The van der Waals surface area contributed by atoms with Gasteiger partial charge in [-0.25, -0.2) is 0 Å². The summed E-state index contributed by atoms with van der Waals surface area (Å²) < 4.78 is 273. The van der Waals surface area contributed by atoms with Crippen LogP contribution < -0.4 is 0 Å². The van der Waals surface area contributed by atoms with Gasteiger partial charge >= 0.3 is 50.8 Å². The summed E-state index contributed by atoms with van der Waals surface area (Å²) in [4.78, 5) is 0. The Morgan fingerprint density at radius 2 is 0.114 bits per heavy atom. The summed E-state index contributed by atoms with van der Waals surface area (Å²) in [5.41, 5.74) is 0. The summed E-state index contributed by atoms with van der Waals surface area (Å²) in [6.07, 6.45) is 0. The van der Waals surface area contributed by atoms with Gasteiger partial charge in [0.1, 0.15) is 0 Å². The third-order valence-corrected chi connectivity index (χ3v) is 0. The summed E-state index contributed by atoms with van der Waals surface area (Å²) in [5.74, 6) is 0. The van der Waals surface area contributed by atoms with Crippen LogP contribution in [0.1, 0.15) is 0 Å². The summed E-state index contributed by atoms with van der Waals surface area (Å²) >= 11 is 0. The minimum atomic E-state index is -6.00. The molecule has 0 aliphatic carbocycles. The van der Waals surface area contributed by atoms with E-state index in [-0.39, 0.29) is 0 Å². The fourth-order valence-corrected chi connectivity index (χ4v) is 0. The lowest BCUT2D eigenvalue weighted by atomic mass is 10.3. The van der Waals surface area contributed by atoms with Crippen LogP contribution >= 0.6 is 0 Å². The summed E-state index contributed by atoms with van der Waals surface area (Å²) in [7, 11) is -42.0. The Bertz CT molecular complexity index is 252. The fraction of sp³-hybridized carbons (Fsp3) is 0. The molecule has 0 N–H and O–H groups in total. The average Bonchev–Trinajstić information content (AvgIpc) is 2.06. The van der Waals surface area contributed by atoms with E-state index in [9.17, 15) is 121 Å². The van der Waals surface area contributed by atoms with Crippen molar-refractivity contribution in [3.05, 3.63) is 0 Å². The molecule has 0 spiro atoms. The van der Waals surface area contributed by atoms with Crippen molar-refractivity contribution in [3.63, 3.8) is 0 Å². The van der Waals surface area contributed by atoms with Gasteiger partial charge in [-0.05, 0) is 0 Å². The maximum absolute atomic E-state index is 9.75. The first kappa shape index (κ1) is 50.4. The van der Waals surface area contributed by atoms with Crippen molar-refractivity contribution >= 4 is 50.8 Å². The molecule has 0 unspecified atom stereocenters. The standard InChI is InChI=1S/7BF4/c7*2-1(3,4)5/q7*-1. The molecular formula is B7F28-7. The third kappa shape index (κ3) is 13300. The first-order valence-electron chi connectivity index (χ1n) is 6.11. The van der Waals surface area contributed by atoms with E-state index >= 15 is 0 Å². The van der Waals surface area contributed by atoms with E-state index in [1.165, 1.54) is 0 Å². The molecule has 224 valence electrons. The first-order chi connectivity index (χ1) is 14.0. The predicted octanol–water partition coefficient (Wildman–Crippen LogP) is 9.10. The van der Waals surface area contributed by atoms with Gasteiger partial charge in [-0.3, -0.25) is 0 Å². The van der Waals surface area contributed by atoms with Crippen molar-refractivity contribution in [1.29, 1.82) is 0 Å². The van der Waals surface area contributed by atoms with Crippen molar-refractivity contribution in [2.45, 2.75) is 0 Å². The molecule has 0 atom stereocenters. The maximum atomic E-state index is 9.75. The minimum absolute atomic E-state index is 6.00. The van der Waals surface area contributed by atoms with Gasteiger partial charge in [0.15, 0.2) is 0 Å². The zero-order valence-electron chi connectivity index (χ0n) is 14.6. The minimum Gasteiger partial charge on any atom is -0.418 e. The zero-order chi connectivity index (χ0) is 31.5. The number of halogens is 28. The second-order valence-corrected chi connectivity index (χ2v) is 3.46. The molecule has 0 saturated heterocycles. The van der Waals surface area contributed by atoms with Crippen LogP contribution in [-0.4, -0.2) is 50.8 Å². The van der Waals surface area contributed by atoms with Gasteiger partial charge in [0.05, 0.1) is 0 Å². The molecule has 0 aromatic carbocycles. The molecular weight excluding hydrogens is 608 g/mol. The average molecular weight is 608 g/mol. The van der Waals surface area contributed by atoms with Crippen molar-refractivity contribution < 1.29 is 121 Å². The number of rotatable bonds is 0. The van der Waals surface area contributed by atoms with Gasteiger partial charge in [0, 0.05) is 0 Å². The van der Waals surface area contributed by atoms with Gasteiger partial charge < -0.3 is 121 Å². The lowest BCUT2D eigenvalue weighted by Crippen LogP contribution is -2.02. The van der Waals surface area contributed by atoms with Crippen molar-refractivity contribution in [2.24, 2.45) is 0 Å². The second kappa shape index (κ2) is 19.7. The molecule has 0 heterocycles. The highest BCUT2D eigenvalue weighted by Gasteiger charge is 2.23. The Morgan fingerprint density at radius 3 is 0.114 bits per heavy atom. The highest BCUT2D eigenvalue weighted by Crippen LogP contribution is 2.09. The smallest absolute Gasteiger partial charge is 0.418 e. The van der Waals surface area contributed by atoms with Crippen LogP contribution in [0, 0.1) is 0 Å². The normalized spacial score (nSPS) is 12.0. The molecule has 0 saturated carbocycles. The molecule has 0 aromatic rings. The van der Waals surface area contributed by atoms with Crippen LogP contribution in [0.5, 0.6) is 0 Å². The van der Waals surface area contributed by atoms with E-state index < -0.39 is 50.8 Å². The monoisotopic (exact) mass is 609 g/mol. The van der Waals surface area contributed by atoms with E-state index in [1.807, 2.05) is 0 Å². The summed E-state index contributed by atoms with van der Waals surface area (Å²) in [6.45, 7) is 0. The third-order valence-electron chi connectivity index (χ3n) is 0. The molecule has 0 rings (SSSR count). The molecule has 0 aliphatic rings. The lowest BCUT2D eigenvalue weighted by Gasteiger charge is -1.94. The molecule has 0 radical (unpaired) electrons. The van der Waals surface area contributed by atoms with Crippen LogP contribution in [-0.2, 0) is 0 Å². The molecule has 0 bridgehead atoms. The van der Waals surface area contributed by atoms with Crippen LogP contribution in [0.4, 0.5) is 121 Å². The van der Waals surface area contributed by atoms with Crippen molar-refractivity contribution in [3.8, 4) is 0 Å². The maximum Gasteiger partial charge on any atom is 0.673 e. The largest absolute Gasteiger partial charge is 0.673 e. The Balaban J connectivity index is -0.0000000523. The van der Waals surface area contributed by atoms with Crippen LogP contribution in [0.15, 0.2) is 0 Å². The fourth-order valence-electron chi connectivity index (χ4n) is 0. The highest BCUT2D eigenvalue weighted by molar-refractivity contribution is 6.51. The van der Waals surface area contributed by atoms with E-state index in [1.54, 1.807) is 0 Å². The van der Waals surface area contributed by atoms with Crippen LogP contribution in [0.3, 0.4) is 0 Å². The molecule has 0 amide bonds. The molecule has 35 heavy (non-hydrogen) atoms. The SMILES string of the molecule is F[B-](F)(F)F.F[B-](F)(F)F.F[B-](F)(F)F.F[B-](F)(F)F.F[B-](F)(F)F.F[B-](F)(F)F.F[B-](F)(F)F. The van der Waals surface area contributed by atoms with Crippen molar-refractivity contribution in [2.75, 3.05) is 0 Å². The van der Waals surface area contributed by atoms with E-state index in [0.29, 0.717) is 0 Å². The summed E-state index contributed by atoms with van der Waals surface area (Å²) in [6, 6.07) is 0. The van der Waals surface area contributed by atoms with Gasteiger partial charge in [0.2, 0.25) is 0 Å². The quantitative estimate of drug-likeness (QED) is 0.190. The molecule has 0 aliphatic heterocycles. The molecule has 0 aromatic heterocycles. The molecule has 35 heteroatoms. The lowest BCUT2D eigenvalue weighted by molar-refractivity contribution is 0.366. The number of hydrogen-bond donors (Lipinski definition) is 0. The predicted molar refractivity (Wildman–Crippen MR) is 71.3 cm³/mol. The van der Waals surface area contributed by atoms with Crippen LogP contribution in [0.2, 0.25) is 0 Å². The van der Waals surface area contributed by atoms with Gasteiger partial charge in [0.25, 0.3) is 0 Å². The number of hydrogen-bond acceptors (Lipinski definition) is 0. The Morgan fingerprint density at radius 1 is 0.114 bits per heavy atom. The van der Waals surface area contributed by atoms with Crippen LogP contribution in [0.25, 0.3) is 0 Å². The second-order valence-electron chi connectivity index (χ2n) is 3.46. The van der Waals surface area contributed by atoms with E-state index in [2.05, 4.69) is 0 Å². The van der Waals surface area contributed by atoms with E-state index in [0.717, 1.165) is 0 Å². The Kier molecular flexibility index (Phi) is 28.3.